The molecule has 5 heteroatoms. The van der Waals surface area contributed by atoms with E-state index < -0.39 is 0 Å². The summed E-state index contributed by atoms with van der Waals surface area (Å²) in [6.45, 7) is 1.52. The second kappa shape index (κ2) is 4.98. The number of nitrogens with one attached hydrogen (secondary N) is 2. The summed E-state index contributed by atoms with van der Waals surface area (Å²) in [4.78, 5) is 11.3. The summed E-state index contributed by atoms with van der Waals surface area (Å²) in [5.41, 5.74) is 4.60. The Morgan fingerprint density at radius 1 is 1.36 bits per heavy atom. The number of carbonyl (C=O) groups is 1. The van der Waals surface area contributed by atoms with Gasteiger partial charge in [0.05, 0.1) is 0 Å². The summed E-state index contributed by atoms with van der Waals surface area (Å²) in [6, 6.07) is 8.69. The van der Waals surface area contributed by atoms with E-state index in [1.165, 1.54) is 6.92 Å². The number of nitrogens with zero attached hydrogens (tertiary/aromatic N) is 1. The van der Waals surface area contributed by atoms with E-state index in [1.807, 2.05) is 11.5 Å². The van der Waals surface area contributed by atoms with Crippen molar-refractivity contribution in [2.45, 2.75) is 6.92 Å². The molecule has 0 aliphatic rings. The minimum absolute atomic E-state index is 0.217. The van der Waals surface area contributed by atoms with Gasteiger partial charge in [-0.05, 0) is 19.1 Å². The lowest BCUT2D eigenvalue weighted by atomic mass is 10.2. The Kier molecular flexibility index (Phi) is 3.63. The first-order chi connectivity index (χ1) is 6.74. The number of carbonyl (C=O) groups excluding carboxylic acids is 1. The van der Waals surface area contributed by atoms with Crippen LogP contribution in [0.15, 0.2) is 35.4 Å². The van der Waals surface area contributed by atoms with Crippen LogP contribution in [-0.4, -0.2) is 17.0 Å². The van der Waals surface area contributed by atoms with E-state index in [9.17, 15) is 4.79 Å². The molecule has 0 bridgehead atoms. The molecule has 0 radical (unpaired) electrons. The highest BCUT2D eigenvalue weighted by atomic mass is 16.5. The number of rotatable bonds is 2. The molecule has 0 saturated carbocycles. The van der Waals surface area contributed by atoms with E-state index >= 15 is 0 Å². The van der Waals surface area contributed by atoms with Crippen LogP contribution in [0.4, 0.5) is 0 Å². The molecule has 1 rings (SSSR count). The highest BCUT2D eigenvalue weighted by molar-refractivity contribution is 5.94. The van der Waals surface area contributed by atoms with Gasteiger partial charge in [-0.2, -0.15) is 5.10 Å². The van der Waals surface area contributed by atoms with Crippen LogP contribution in [-0.2, 0) is 0 Å². The average molecular weight is 193 g/mol. The minimum Gasteiger partial charge on any atom is -0.290 e. The van der Waals surface area contributed by atoms with Crippen LogP contribution in [0, 0.1) is 0 Å². The van der Waals surface area contributed by atoms with Crippen LogP contribution in [0.5, 0.6) is 0 Å². The molecule has 3 N–H and O–H groups in total. The van der Waals surface area contributed by atoms with Gasteiger partial charge < -0.3 is 0 Å². The first kappa shape index (κ1) is 10.2. The zero-order valence-corrected chi connectivity index (χ0v) is 7.69. The second-order valence-corrected chi connectivity index (χ2v) is 2.62. The van der Waals surface area contributed by atoms with E-state index in [2.05, 4.69) is 10.5 Å². The van der Waals surface area contributed by atoms with Crippen LogP contribution in [0.3, 0.4) is 0 Å². The van der Waals surface area contributed by atoms with Crippen LogP contribution in [0.25, 0.3) is 0 Å². The minimum atomic E-state index is -0.319. The molecule has 0 aromatic heterocycles. The molecular formula is C9H11N3O2. The molecule has 0 saturated heterocycles. The third-order valence-corrected chi connectivity index (χ3v) is 1.52. The number of hydrazone groups is 1. The molecule has 0 aliphatic carbocycles. The van der Waals surface area contributed by atoms with E-state index in [1.54, 1.807) is 24.3 Å². The topological polar surface area (TPSA) is 73.7 Å². The Bertz CT molecular complexity index is 335. The van der Waals surface area contributed by atoms with Crippen molar-refractivity contribution < 1.29 is 10.0 Å². The quantitative estimate of drug-likeness (QED) is 0.368. The highest BCUT2D eigenvalue weighted by Crippen LogP contribution is 1.97. The molecule has 74 valence electrons. The molecule has 0 fully saturated rings. The van der Waals surface area contributed by atoms with E-state index in [0.717, 1.165) is 0 Å². The van der Waals surface area contributed by atoms with Gasteiger partial charge in [-0.1, -0.05) is 18.2 Å². The lowest BCUT2D eigenvalue weighted by Crippen LogP contribution is -2.23. The predicted octanol–water partition coefficient (Wildman–Crippen LogP) is 0.729. The fraction of sp³-hybridized carbons (Fsp3) is 0.111. The zero-order chi connectivity index (χ0) is 10.4. The summed E-state index contributed by atoms with van der Waals surface area (Å²) in [5.74, 6) is -0.102. The maximum Gasteiger partial charge on any atom is 0.271 e. The maximum atomic E-state index is 11.3. The number of amidine groups is 1. The fourth-order valence-corrected chi connectivity index (χ4v) is 0.814. The molecule has 5 nitrogen and oxygen atoms in total. The van der Waals surface area contributed by atoms with Crippen molar-refractivity contribution >= 4 is 11.7 Å². The first-order valence-corrected chi connectivity index (χ1v) is 4.04. The van der Waals surface area contributed by atoms with Crippen molar-refractivity contribution in [2.75, 3.05) is 0 Å². The van der Waals surface area contributed by atoms with Gasteiger partial charge >= 0.3 is 0 Å². The molecule has 1 aromatic rings. The van der Waals surface area contributed by atoms with Gasteiger partial charge in [0.2, 0.25) is 0 Å². The monoisotopic (exact) mass is 193 g/mol. The Hall–Kier alpha value is -1.88. The zero-order valence-electron chi connectivity index (χ0n) is 7.69. The van der Waals surface area contributed by atoms with E-state index in [0.29, 0.717) is 5.56 Å². The number of amides is 1. The average Bonchev–Trinajstić information content (AvgIpc) is 2.26. The summed E-state index contributed by atoms with van der Waals surface area (Å²) >= 11 is 0. The van der Waals surface area contributed by atoms with Crippen LogP contribution >= 0.6 is 0 Å². The number of hydrogen-bond acceptors (Lipinski definition) is 3. The summed E-state index contributed by atoms with van der Waals surface area (Å²) < 4.78 is 0. The smallest absolute Gasteiger partial charge is 0.271 e. The van der Waals surface area contributed by atoms with Gasteiger partial charge in [-0.25, -0.2) is 5.43 Å². The lowest BCUT2D eigenvalue weighted by molar-refractivity contribution is 0.0954. The van der Waals surface area contributed by atoms with Crippen LogP contribution < -0.4 is 10.9 Å². The van der Waals surface area contributed by atoms with Crippen LogP contribution in [0.1, 0.15) is 17.3 Å². The summed E-state index contributed by atoms with van der Waals surface area (Å²) in [7, 11) is 0. The number of benzene rings is 1. The predicted molar refractivity (Wildman–Crippen MR) is 51.9 cm³/mol. The van der Waals surface area contributed by atoms with Gasteiger partial charge in [-0.15, -0.1) is 0 Å². The second-order valence-electron chi connectivity index (χ2n) is 2.62. The Labute approximate surface area is 81.4 Å². The molecule has 1 aromatic carbocycles. The standard InChI is InChI=1S/C9H11N3O2/c1-7(12-14)10-11-9(13)8-5-3-2-4-6-8/h2-6,14H,1H3,(H,10,12)(H,11,13). The van der Waals surface area contributed by atoms with Gasteiger partial charge in [0.15, 0.2) is 0 Å². The molecule has 0 heterocycles. The van der Waals surface area contributed by atoms with Crippen molar-refractivity contribution in [1.29, 1.82) is 0 Å². The Morgan fingerprint density at radius 2 is 2.00 bits per heavy atom. The van der Waals surface area contributed by atoms with Gasteiger partial charge in [0, 0.05) is 5.56 Å². The summed E-state index contributed by atoms with van der Waals surface area (Å²) in [5, 5.41) is 12.0. The molecule has 0 atom stereocenters. The Balaban J connectivity index is 2.60. The normalized spacial score (nSPS) is 10.9. The Morgan fingerprint density at radius 3 is 2.57 bits per heavy atom. The molecule has 0 spiro atoms. The number of hydroxylamine groups is 1. The van der Waals surface area contributed by atoms with Crippen molar-refractivity contribution in [2.24, 2.45) is 5.10 Å². The highest BCUT2D eigenvalue weighted by Gasteiger charge is 2.01. The first-order valence-electron chi connectivity index (χ1n) is 4.04. The van der Waals surface area contributed by atoms with Gasteiger partial charge in [0.25, 0.3) is 5.91 Å². The van der Waals surface area contributed by atoms with Gasteiger partial charge in [0.1, 0.15) is 5.84 Å². The summed E-state index contributed by atoms with van der Waals surface area (Å²) in [6.07, 6.45) is 0. The third kappa shape index (κ3) is 2.87. The SMILES string of the molecule is C/C(=N/NC(=O)c1ccccc1)NO. The molecular weight excluding hydrogens is 182 g/mol. The number of hydrogen-bond donors (Lipinski definition) is 3. The van der Waals surface area contributed by atoms with E-state index in [4.69, 9.17) is 5.21 Å². The molecule has 0 unspecified atom stereocenters. The lowest BCUT2D eigenvalue weighted by Gasteiger charge is -2.00. The van der Waals surface area contributed by atoms with E-state index in [-0.39, 0.29) is 11.7 Å². The van der Waals surface area contributed by atoms with Crippen molar-refractivity contribution in [1.82, 2.24) is 10.9 Å². The third-order valence-electron chi connectivity index (χ3n) is 1.52. The largest absolute Gasteiger partial charge is 0.290 e. The molecule has 0 aliphatic heterocycles. The maximum absolute atomic E-state index is 11.3. The molecule has 14 heavy (non-hydrogen) atoms. The van der Waals surface area contributed by atoms with Crippen molar-refractivity contribution in [3.8, 4) is 0 Å². The van der Waals surface area contributed by atoms with Gasteiger partial charge in [-0.3, -0.25) is 15.5 Å². The van der Waals surface area contributed by atoms with Crippen LogP contribution in [0.2, 0.25) is 0 Å². The fourth-order valence-electron chi connectivity index (χ4n) is 0.814. The molecule has 1 amide bonds. The van der Waals surface area contributed by atoms with Crippen molar-refractivity contribution in [3.05, 3.63) is 35.9 Å². The van der Waals surface area contributed by atoms with Crippen molar-refractivity contribution in [3.63, 3.8) is 0 Å².